The number of carbonyl (C=O) groups excluding carboxylic acids is 1. The summed E-state index contributed by atoms with van der Waals surface area (Å²) in [5, 5.41) is -0.293. The van der Waals surface area contributed by atoms with Gasteiger partial charge in [0.15, 0.2) is 0 Å². The number of nitrogens with two attached hydrogens (primary N) is 1. The van der Waals surface area contributed by atoms with Gasteiger partial charge in [-0.05, 0) is 30.0 Å². The number of benzene rings is 1. The number of hydrogen-bond donors (Lipinski definition) is 1. The van der Waals surface area contributed by atoms with Crippen LogP contribution in [0.25, 0.3) is 17.4 Å². The predicted molar refractivity (Wildman–Crippen MR) is 76.7 cm³/mol. The SMILES string of the molecule is NC1=NC(=O)SC1=Cc1ccc(-c2ccccc2)o1. The molecule has 2 heterocycles. The molecule has 5 heteroatoms. The zero-order valence-electron chi connectivity index (χ0n) is 9.87. The second kappa shape index (κ2) is 4.78. The minimum atomic E-state index is -0.293. The van der Waals surface area contributed by atoms with Crippen LogP contribution < -0.4 is 5.73 Å². The summed E-state index contributed by atoms with van der Waals surface area (Å²) in [5.74, 6) is 1.67. The lowest BCUT2D eigenvalue weighted by Gasteiger charge is -1.95. The van der Waals surface area contributed by atoms with Gasteiger partial charge in [0, 0.05) is 5.56 Å². The summed E-state index contributed by atoms with van der Waals surface area (Å²) in [7, 11) is 0. The van der Waals surface area contributed by atoms with E-state index in [0.717, 1.165) is 23.1 Å². The summed E-state index contributed by atoms with van der Waals surface area (Å²) in [5.41, 5.74) is 6.64. The Morgan fingerprint density at radius 3 is 2.63 bits per heavy atom. The second-order valence-corrected chi connectivity index (χ2v) is 4.93. The second-order valence-electron chi connectivity index (χ2n) is 3.94. The third-order valence-electron chi connectivity index (χ3n) is 2.62. The van der Waals surface area contributed by atoms with Crippen LogP contribution in [0.5, 0.6) is 0 Å². The normalized spacial score (nSPS) is 16.9. The summed E-state index contributed by atoms with van der Waals surface area (Å²) in [6.45, 7) is 0. The number of carbonyl (C=O) groups is 1. The van der Waals surface area contributed by atoms with Crippen LogP contribution in [0.2, 0.25) is 0 Å². The molecule has 0 fully saturated rings. The molecule has 19 heavy (non-hydrogen) atoms. The van der Waals surface area contributed by atoms with Crippen molar-refractivity contribution in [2.24, 2.45) is 10.7 Å². The van der Waals surface area contributed by atoms with Crippen LogP contribution in [-0.2, 0) is 0 Å². The van der Waals surface area contributed by atoms with Gasteiger partial charge in [-0.25, -0.2) is 0 Å². The number of rotatable bonds is 2. The highest BCUT2D eigenvalue weighted by Gasteiger charge is 2.19. The van der Waals surface area contributed by atoms with Crippen LogP contribution in [0.3, 0.4) is 0 Å². The van der Waals surface area contributed by atoms with Crippen molar-refractivity contribution in [2.75, 3.05) is 0 Å². The molecular weight excluding hydrogens is 260 g/mol. The maximum absolute atomic E-state index is 11.1. The van der Waals surface area contributed by atoms with E-state index in [2.05, 4.69) is 4.99 Å². The third kappa shape index (κ3) is 2.46. The lowest BCUT2D eigenvalue weighted by atomic mass is 10.2. The molecule has 4 nitrogen and oxygen atoms in total. The molecule has 3 rings (SSSR count). The Kier molecular flexibility index (Phi) is 2.97. The van der Waals surface area contributed by atoms with Gasteiger partial charge < -0.3 is 10.2 Å². The lowest BCUT2D eigenvalue weighted by molar-refractivity contribution is 0.268. The number of amidine groups is 1. The van der Waals surface area contributed by atoms with Gasteiger partial charge in [-0.15, -0.1) is 0 Å². The largest absolute Gasteiger partial charge is 0.457 e. The van der Waals surface area contributed by atoms with Crippen LogP contribution in [0.15, 0.2) is 56.8 Å². The van der Waals surface area contributed by atoms with E-state index in [9.17, 15) is 4.79 Å². The Hall–Kier alpha value is -2.27. The van der Waals surface area contributed by atoms with Crippen LogP contribution in [-0.4, -0.2) is 11.1 Å². The Labute approximate surface area is 114 Å². The van der Waals surface area contributed by atoms with E-state index in [-0.39, 0.29) is 11.1 Å². The summed E-state index contributed by atoms with van der Waals surface area (Å²) in [6.07, 6.45) is 1.72. The van der Waals surface area contributed by atoms with Gasteiger partial charge in [-0.1, -0.05) is 30.3 Å². The Balaban J connectivity index is 1.89. The number of aliphatic imine (C=N–C) groups is 1. The molecule has 0 saturated carbocycles. The van der Waals surface area contributed by atoms with Crippen LogP contribution in [0.4, 0.5) is 4.79 Å². The van der Waals surface area contributed by atoms with Crippen molar-refractivity contribution in [3.63, 3.8) is 0 Å². The average molecular weight is 270 g/mol. The Morgan fingerprint density at radius 2 is 1.95 bits per heavy atom. The van der Waals surface area contributed by atoms with Gasteiger partial charge in [0.25, 0.3) is 0 Å². The van der Waals surface area contributed by atoms with E-state index in [0.29, 0.717) is 10.7 Å². The Bertz CT molecular complexity index is 686. The van der Waals surface area contributed by atoms with Crippen molar-refractivity contribution in [1.82, 2.24) is 0 Å². The maximum atomic E-state index is 11.1. The van der Waals surface area contributed by atoms with E-state index in [1.165, 1.54) is 0 Å². The fraction of sp³-hybridized carbons (Fsp3) is 0. The fourth-order valence-electron chi connectivity index (χ4n) is 1.74. The minimum absolute atomic E-state index is 0.243. The maximum Gasteiger partial charge on any atom is 0.311 e. The zero-order valence-corrected chi connectivity index (χ0v) is 10.7. The van der Waals surface area contributed by atoms with Crippen LogP contribution >= 0.6 is 11.8 Å². The number of thioether (sulfide) groups is 1. The molecule has 2 aromatic rings. The standard InChI is InChI=1S/C14H10N2O2S/c15-13-12(19-14(17)16-13)8-10-6-7-11(18-10)9-4-2-1-3-5-9/h1-8H,(H2,15,16,17). The highest BCUT2D eigenvalue weighted by molar-refractivity contribution is 8.18. The molecule has 0 spiro atoms. The molecule has 0 aliphatic carbocycles. The van der Waals surface area contributed by atoms with Gasteiger partial charge in [-0.2, -0.15) is 4.99 Å². The number of amides is 1. The molecular formula is C14H10N2O2S. The first-order chi connectivity index (χ1) is 9.22. The van der Waals surface area contributed by atoms with Crippen LogP contribution in [0.1, 0.15) is 5.76 Å². The van der Waals surface area contributed by atoms with Crippen molar-refractivity contribution in [3.8, 4) is 11.3 Å². The first-order valence-corrected chi connectivity index (χ1v) is 6.47. The molecule has 0 bridgehead atoms. The topological polar surface area (TPSA) is 68.6 Å². The smallest absolute Gasteiger partial charge is 0.311 e. The molecule has 1 aliphatic rings. The molecule has 0 unspecified atom stereocenters. The highest BCUT2D eigenvalue weighted by atomic mass is 32.2. The monoisotopic (exact) mass is 270 g/mol. The number of nitrogens with zero attached hydrogens (tertiary/aromatic N) is 1. The predicted octanol–water partition coefficient (Wildman–Crippen LogP) is 3.51. The average Bonchev–Trinajstić information content (AvgIpc) is 2.99. The van der Waals surface area contributed by atoms with Crippen molar-refractivity contribution < 1.29 is 9.21 Å². The zero-order chi connectivity index (χ0) is 13.2. The van der Waals surface area contributed by atoms with Gasteiger partial charge >= 0.3 is 5.24 Å². The van der Waals surface area contributed by atoms with E-state index < -0.39 is 0 Å². The first-order valence-electron chi connectivity index (χ1n) is 5.66. The molecule has 0 radical (unpaired) electrons. The Morgan fingerprint density at radius 1 is 1.16 bits per heavy atom. The summed E-state index contributed by atoms with van der Waals surface area (Å²) in [4.78, 5) is 15.4. The van der Waals surface area contributed by atoms with E-state index in [1.807, 2.05) is 42.5 Å². The molecule has 1 aromatic heterocycles. The van der Waals surface area contributed by atoms with Gasteiger partial charge in [-0.3, -0.25) is 4.79 Å². The quantitative estimate of drug-likeness (QED) is 0.906. The van der Waals surface area contributed by atoms with Crippen molar-refractivity contribution in [3.05, 3.63) is 53.1 Å². The van der Waals surface area contributed by atoms with Crippen molar-refractivity contribution in [1.29, 1.82) is 0 Å². The van der Waals surface area contributed by atoms with E-state index >= 15 is 0 Å². The first kappa shape index (κ1) is 11.8. The van der Waals surface area contributed by atoms with E-state index in [4.69, 9.17) is 10.2 Å². The third-order valence-corrected chi connectivity index (χ3v) is 3.43. The van der Waals surface area contributed by atoms with Gasteiger partial charge in [0.1, 0.15) is 17.4 Å². The summed E-state index contributed by atoms with van der Waals surface area (Å²) >= 11 is 1.01. The minimum Gasteiger partial charge on any atom is -0.457 e. The molecule has 0 atom stereocenters. The molecule has 0 saturated heterocycles. The van der Waals surface area contributed by atoms with Crippen molar-refractivity contribution in [2.45, 2.75) is 0 Å². The van der Waals surface area contributed by atoms with Crippen LogP contribution in [0, 0.1) is 0 Å². The number of hydrogen-bond acceptors (Lipinski definition) is 4. The van der Waals surface area contributed by atoms with E-state index in [1.54, 1.807) is 6.08 Å². The highest BCUT2D eigenvalue weighted by Crippen LogP contribution is 2.29. The summed E-state index contributed by atoms with van der Waals surface area (Å²) in [6, 6.07) is 13.5. The van der Waals surface area contributed by atoms with Gasteiger partial charge in [0.05, 0.1) is 4.91 Å². The molecule has 94 valence electrons. The molecule has 1 aromatic carbocycles. The van der Waals surface area contributed by atoms with Crippen molar-refractivity contribution >= 4 is 28.9 Å². The molecule has 1 amide bonds. The fourth-order valence-corrected chi connectivity index (χ4v) is 2.40. The number of furan rings is 1. The molecule has 1 aliphatic heterocycles. The molecule has 2 N–H and O–H groups in total. The summed E-state index contributed by atoms with van der Waals surface area (Å²) < 4.78 is 5.70. The van der Waals surface area contributed by atoms with Gasteiger partial charge in [0.2, 0.25) is 0 Å². The lowest BCUT2D eigenvalue weighted by Crippen LogP contribution is -2.08.